The Morgan fingerprint density at radius 1 is 1.32 bits per heavy atom. The van der Waals surface area contributed by atoms with Gasteiger partial charge in [0.2, 0.25) is 0 Å². The number of unbranched alkanes of at least 4 members (excludes halogenated alkanes) is 1. The second-order valence-electron chi connectivity index (χ2n) is 5.23. The molecule has 0 N–H and O–H groups in total. The molecule has 0 aliphatic carbocycles. The molecule has 19 heavy (non-hydrogen) atoms. The second-order valence-corrected chi connectivity index (χ2v) is 5.79. The lowest BCUT2D eigenvalue weighted by Crippen LogP contribution is -2.08. The van der Waals surface area contributed by atoms with Crippen LogP contribution in [-0.4, -0.2) is 6.61 Å². The van der Waals surface area contributed by atoms with Crippen LogP contribution < -0.4 is 4.74 Å². The Balaban J connectivity index is 2.34. The zero-order valence-electron chi connectivity index (χ0n) is 11.4. The van der Waals surface area contributed by atoms with Crippen LogP contribution in [0.4, 0.5) is 4.39 Å². The van der Waals surface area contributed by atoms with Gasteiger partial charge in [0.05, 0.1) is 18.1 Å². The molecular formula is C15H19BrFNO. The first-order valence-electron chi connectivity index (χ1n) is 6.36. The van der Waals surface area contributed by atoms with E-state index >= 15 is 0 Å². The topological polar surface area (TPSA) is 33.0 Å². The van der Waals surface area contributed by atoms with Crippen LogP contribution in [0, 0.1) is 22.6 Å². The molecule has 0 fully saturated rings. The maximum atomic E-state index is 13.3. The predicted octanol–water partition coefficient (Wildman–Crippen LogP) is 4.82. The van der Waals surface area contributed by atoms with Crippen molar-refractivity contribution >= 4 is 15.9 Å². The highest BCUT2D eigenvalue weighted by atomic mass is 79.9. The van der Waals surface area contributed by atoms with E-state index in [-0.39, 0.29) is 11.2 Å². The second kappa shape index (κ2) is 7.49. The van der Waals surface area contributed by atoms with E-state index in [2.05, 4.69) is 22.0 Å². The van der Waals surface area contributed by atoms with E-state index in [4.69, 9.17) is 10.00 Å². The van der Waals surface area contributed by atoms with Crippen LogP contribution in [0.2, 0.25) is 0 Å². The third-order valence-corrected chi connectivity index (χ3v) is 3.50. The zero-order chi connectivity index (χ0) is 14.3. The molecule has 0 bridgehead atoms. The Kier molecular flexibility index (Phi) is 6.30. The van der Waals surface area contributed by atoms with Crippen LogP contribution in [0.1, 0.15) is 38.7 Å². The summed E-state index contributed by atoms with van der Waals surface area (Å²) < 4.78 is 18.8. The van der Waals surface area contributed by atoms with Crippen molar-refractivity contribution in [2.24, 2.45) is 5.41 Å². The molecule has 1 aromatic rings. The third kappa shape index (κ3) is 6.07. The molecule has 0 aromatic heterocycles. The van der Waals surface area contributed by atoms with E-state index in [1.54, 1.807) is 0 Å². The van der Waals surface area contributed by atoms with Gasteiger partial charge in [-0.1, -0.05) is 15.9 Å². The highest BCUT2D eigenvalue weighted by Gasteiger charge is 2.15. The summed E-state index contributed by atoms with van der Waals surface area (Å²) in [5.41, 5.74) is 0.586. The molecule has 1 aromatic carbocycles. The minimum absolute atomic E-state index is 0.276. The number of alkyl halides is 1. The maximum absolute atomic E-state index is 13.3. The molecule has 0 aliphatic rings. The number of hydrogen-bond donors (Lipinski definition) is 0. The van der Waals surface area contributed by atoms with Gasteiger partial charge in [-0.25, -0.2) is 4.39 Å². The Hall–Kier alpha value is -1.08. The average molecular weight is 328 g/mol. The van der Waals surface area contributed by atoms with Gasteiger partial charge in [-0.15, -0.1) is 0 Å². The minimum atomic E-state index is -0.280. The van der Waals surface area contributed by atoms with Gasteiger partial charge < -0.3 is 4.74 Å². The van der Waals surface area contributed by atoms with Crippen LogP contribution in [0.3, 0.4) is 0 Å². The van der Waals surface area contributed by atoms with Gasteiger partial charge in [-0.05, 0) is 50.8 Å². The molecule has 0 saturated heterocycles. The Morgan fingerprint density at radius 3 is 2.68 bits per heavy atom. The summed E-state index contributed by atoms with van der Waals surface area (Å²) in [5, 5.41) is 9.50. The monoisotopic (exact) mass is 327 g/mol. The van der Waals surface area contributed by atoms with Crippen LogP contribution in [0.25, 0.3) is 0 Å². The lowest BCUT2D eigenvalue weighted by atomic mass is 9.89. The number of nitriles is 1. The Bertz CT molecular complexity index is 454. The van der Waals surface area contributed by atoms with Gasteiger partial charge in [-0.2, -0.15) is 5.26 Å². The molecule has 0 heterocycles. The highest BCUT2D eigenvalue weighted by molar-refractivity contribution is 9.08. The summed E-state index contributed by atoms with van der Waals surface area (Å²) in [5.74, 6) is 0.284. The molecule has 0 spiro atoms. The molecule has 2 nitrogen and oxygen atoms in total. The number of benzene rings is 1. The standard InChI is InChI=1S/C15H19BrFNO/c1-15(2,11-18)5-3-4-6-19-14-8-12(10-16)7-13(17)9-14/h7-9H,3-6,10H2,1-2H3. The van der Waals surface area contributed by atoms with Crippen LogP contribution in [0.5, 0.6) is 5.75 Å². The van der Waals surface area contributed by atoms with Gasteiger partial charge in [0.1, 0.15) is 11.6 Å². The summed E-state index contributed by atoms with van der Waals surface area (Å²) in [6.45, 7) is 4.41. The van der Waals surface area contributed by atoms with E-state index in [0.29, 0.717) is 17.7 Å². The SMILES string of the molecule is CC(C)(C#N)CCCCOc1cc(F)cc(CBr)c1. The Labute approximate surface area is 122 Å². The van der Waals surface area contributed by atoms with Crippen LogP contribution in [0.15, 0.2) is 18.2 Å². The average Bonchev–Trinajstić information content (AvgIpc) is 2.37. The van der Waals surface area contributed by atoms with Crippen molar-refractivity contribution in [3.8, 4) is 11.8 Å². The van der Waals surface area contributed by atoms with Crippen molar-refractivity contribution in [2.45, 2.75) is 38.4 Å². The quantitative estimate of drug-likeness (QED) is 0.531. The van der Waals surface area contributed by atoms with E-state index < -0.39 is 0 Å². The van der Waals surface area contributed by atoms with E-state index in [0.717, 1.165) is 24.8 Å². The fourth-order valence-electron chi connectivity index (χ4n) is 1.70. The van der Waals surface area contributed by atoms with Gasteiger partial charge in [0.15, 0.2) is 0 Å². The molecular weight excluding hydrogens is 309 g/mol. The first-order chi connectivity index (χ1) is 8.96. The number of rotatable bonds is 7. The zero-order valence-corrected chi connectivity index (χ0v) is 13.0. The highest BCUT2D eigenvalue weighted by Crippen LogP contribution is 2.22. The van der Waals surface area contributed by atoms with Crippen molar-refractivity contribution in [1.82, 2.24) is 0 Å². The smallest absolute Gasteiger partial charge is 0.127 e. The van der Waals surface area contributed by atoms with E-state index in [1.807, 2.05) is 19.9 Å². The van der Waals surface area contributed by atoms with E-state index in [1.165, 1.54) is 12.1 Å². The van der Waals surface area contributed by atoms with E-state index in [9.17, 15) is 4.39 Å². The predicted molar refractivity (Wildman–Crippen MR) is 77.8 cm³/mol. The first-order valence-corrected chi connectivity index (χ1v) is 7.48. The molecule has 0 unspecified atom stereocenters. The number of nitrogens with zero attached hydrogens (tertiary/aromatic N) is 1. The molecule has 0 atom stereocenters. The lowest BCUT2D eigenvalue weighted by molar-refractivity contribution is 0.293. The van der Waals surface area contributed by atoms with Crippen molar-refractivity contribution < 1.29 is 9.13 Å². The summed E-state index contributed by atoms with van der Waals surface area (Å²) >= 11 is 3.30. The van der Waals surface area contributed by atoms with Crippen LogP contribution in [-0.2, 0) is 5.33 Å². The number of ether oxygens (including phenoxy) is 1. The molecule has 0 amide bonds. The Morgan fingerprint density at radius 2 is 2.05 bits per heavy atom. The third-order valence-electron chi connectivity index (χ3n) is 2.85. The first kappa shape index (κ1) is 16.0. The van der Waals surface area contributed by atoms with Crippen molar-refractivity contribution in [2.75, 3.05) is 6.61 Å². The molecule has 0 saturated carbocycles. The van der Waals surface area contributed by atoms with Crippen molar-refractivity contribution in [3.63, 3.8) is 0 Å². The fraction of sp³-hybridized carbons (Fsp3) is 0.533. The normalized spacial score (nSPS) is 11.1. The minimum Gasteiger partial charge on any atom is -0.493 e. The van der Waals surface area contributed by atoms with Gasteiger partial charge in [0.25, 0.3) is 0 Å². The summed E-state index contributed by atoms with van der Waals surface area (Å²) in [6, 6.07) is 6.98. The molecule has 1 rings (SSSR count). The maximum Gasteiger partial charge on any atom is 0.127 e. The summed E-state index contributed by atoms with van der Waals surface area (Å²) in [7, 11) is 0. The molecule has 4 heteroatoms. The largest absolute Gasteiger partial charge is 0.493 e. The van der Waals surface area contributed by atoms with Gasteiger partial charge >= 0.3 is 0 Å². The molecule has 0 aliphatic heterocycles. The van der Waals surface area contributed by atoms with Crippen molar-refractivity contribution in [3.05, 3.63) is 29.6 Å². The number of hydrogen-bond acceptors (Lipinski definition) is 2. The van der Waals surface area contributed by atoms with Gasteiger partial charge in [-0.3, -0.25) is 0 Å². The van der Waals surface area contributed by atoms with Gasteiger partial charge in [0, 0.05) is 11.4 Å². The molecule has 0 radical (unpaired) electrons. The van der Waals surface area contributed by atoms with Crippen molar-refractivity contribution in [1.29, 1.82) is 5.26 Å². The van der Waals surface area contributed by atoms with Crippen LogP contribution >= 0.6 is 15.9 Å². The lowest BCUT2D eigenvalue weighted by Gasteiger charge is -2.14. The summed E-state index contributed by atoms with van der Waals surface area (Å²) in [6.07, 6.45) is 2.65. The molecule has 104 valence electrons. The fourth-order valence-corrected chi connectivity index (χ4v) is 2.02. The summed E-state index contributed by atoms with van der Waals surface area (Å²) in [4.78, 5) is 0. The number of halogens is 2.